The van der Waals surface area contributed by atoms with Crippen LogP contribution in [0.4, 0.5) is 18.9 Å². The molecule has 0 unspecified atom stereocenters. The van der Waals surface area contributed by atoms with Gasteiger partial charge in [-0.05, 0) is 30.3 Å². The van der Waals surface area contributed by atoms with Crippen molar-refractivity contribution in [2.24, 2.45) is 0 Å². The molecule has 1 heterocycles. The van der Waals surface area contributed by atoms with Crippen molar-refractivity contribution < 1.29 is 27.8 Å². The lowest BCUT2D eigenvalue weighted by molar-refractivity contribution is -0.255. The van der Waals surface area contributed by atoms with Crippen LogP contribution in [-0.2, 0) is 6.18 Å². The summed E-state index contributed by atoms with van der Waals surface area (Å²) in [5, 5.41) is 10.8. The summed E-state index contributed by atoms with van der Waals surface area (Å²) in [6.07, 6.45) is -3.31. The van der Waals surface area contributed by atoms with E-state index < -0.39 is 23.4 Å². The first-order valence-corrected chi connectivity index (χ1v) is 5.60. The first-order chi connectivity index (χ1) is 9.79. The summed E-state index contributed by atoms with van der Waals surface area (Å²) in [4.78, 5) is 14.4. The fourth-order valence-electron chi connectivity index (χ4n) is 1.56. The van der Waals surface area contributed by atoms with Gasteiger partial charge < -0.3 is 20.4 Å². The van der Waals surface area contributed by atoms with E-state index in [1.807, 2.05) is 0 Å². The number of aromatic carboxylic acids is 1. The highest BCUT2D eigenvalue weighted by Gasteiger charge is 2.31. The molecule has 0 bridgehead atoms. The largest absolute Gasteiger partial charge is 0.543 e. The number of nitrogen functional groups attached to an aromatic ring is 1. The maximum Gasteiger partial charge on any atom is 0.416 e. The quantitative estimate of drug-likeness (QED) is 0.873. The van der Waals surface area contributed by atoms with Crippen LogP contribution in [0.2, 0.25) is 0 Å². The number of anilines is 1. The van der Waals surface area contributed by atoms with Crippen LogP contribution in [0.3, 0.4) is 0 Å². The van der Waals surface area contributed by atoms with Gasteiger partial charge in [-0.1, -0.05) is 0 Å². The topological polar surface area (TPSA) is 88.3 Å². The number of carbonyl (C=O) groups is 1. The van der Waals surface area contributed by atoms with Gasteiger partial charge in [-0.2, -0.15) is 13.2 Å². The normalized spacial score (nSPS) is 11.2. The minimum absolute atomic E-state index is 0.112. The molecule has 2 N–H and O–H groups in total. The Morgan fingerprint density at radius 3 is 2.52 bits per heavy atom. The van der Waals surface area contributed by atoms with Gasteiger partial charge in [0.15, 0.2) is 5.75 Å². The second-order valence-corrected chi connectivity index (χ2v) is 3.99. The number of carboxylic acid groups (broad SMARTS) is 1. The molecule has 0 saturated heterocycles. The second kappa shape index (κ2) is 5.31. The van der Waals surface area contributed by atoms with E-state index in [1.54, 1.807) is 0 Å². The van der Waals surface area contributed by atoms with E-state index in [9.17, 15) is 23.1 Å². The molecule has 0 atom stereocenters. The van der Waals surface area contributed by atoms with Crippen LogP contribution < -0.4 is 15.6 Å². The number of benzene rings is 1. The summed E-state index contributed by atoms with van der Waals surface area (Å²) >= 11 is 0. The zero-order valence-corrected chi connectivity index (χ0v) is 10.3. The number of nitrogens with zero attached hydrogens (tertiary/aromatic N) is 1. The van der Waals surface area contributed by atoms with Crippen molar-refractivity contribution in [1.29, 1.82) is 0 Å². The van der Waals surface area contributed by atoms with E-state index in [0.29, 0.717) is 6.07 Å². The van der Waals surface area contributed by atoms with E-state index in [-0.39, 0.29) is 17.2 Å². The van der Waals surface area contributed by atoms with Gasteiger partial charge in [-0.25, -0.2) is 0 Å². The molecule has 0 radical (unpaired) electrons. The van der Waals surface area contributed by atoms with Crippen LogP contribution in [0.25, 0.3) is 0 Å². The third-order valence-corrected chi connectivity index (χ3v) is 2.52. The highest BCUT2D eigenvalue weighted by atomic mass is 19.4. The summed E-state index contributed by atoms with van der Waals surface area (Å²) in [7, 11) is 0. The van der Waals surface area contributed by atoms with Gasteiger partial charge in [0.25, 0.3) is 0 Å². The molecule has 0 amide bonds. The number of aromatic nitrogens is 1. The third kappa shape index (κ3) is 3.22. The molecule has 0 aliphatic carbocycles. The van der Waals surface area contributed by atoms with Crippen LogP contribution in [0.1, 0.15) is 16.1 Å². The van der Waals surface area contributed by atoms with Gasteiger partial charge in [-0.15, -0.1) is 0 Å². The van der Waals surface area contributed by atoms with Crippen molar-refractivity contribution in [3.05, 3.63) is 47.8 Å². The number of hydrogen-bond donors (Lipinski definition) is 1. The van der Waals surface area contributed by atoms with Gasteiger partial charge in [0, 0.05) is 6.20 Å². The first-order valence-electron chi connectivity index (χ1n) is 5.60. The van der Waals surface area contributed by atoms with Crippen molar-refractivity contribution in [3.63, 3.8) is 0 Å². The summed E-state index contributed by atoms with van der Waals surface area (Å²) < 4.78 is 42.7. The van der Waals surface area contributed by atoms with Crippen LogP contribution in [-0.4, -0.2) is 11.0 Å². The molecule has 0 saturated carbocycles. The van der Waals surface area contributed by atoms with Crippen molar-refractivity contribution in [2.75, 3.05) is 5.73 Å². The summed E-state index contributed by atoms with van der Waals surface area (Å²) in [6.45, 7) is 0. The maximum atomic E-state index is 12.5. The van der Waals surface area contributed by atoms with E-state index in [1.165, 1.54) is 18.3 Å². The highest BCUT2D eigenvalue weighted by Crippen LogP contribution is 2.35. The van der Waals surface area contributed by atoms with E-state index >= 15 is 0 Å². The monoisotopic (exact) mass is 297 g/mol. The number of pyridine rings is 1. The molecule has 2 rings (SSSR count). The molecule has 5 nitrogen and oxygen atoms in total. The molecule has 1 aromatic carbocycles. The first kappa shape index (κ1) is 14.6. The molecular weight excluding hydrogens is 289 g/mol. The Morgan fingerprint density at radius 2 is 1.95 bits per heavy atom. The van der Waals surface area contributed by atoms with E-state index in [2.05, 4.69) is 4.98 Å². The third-order valence-electron chi connectivity index (χ3n) is 2.52. The number of halogens is 3. The fraction of sp³-hybridized carbons (Fsp3) is 0.0769. The number of carboxylic acids is 1. The number of ether oxygens (including phenoxy) is 1. The Balaban J connectivity index is 2.35. The lowest BCUT2D eigenvalue weighted by atomic mass is 10.2. The van der Waals surface area contributed by atoms with Crippen molar-refractivity contribution in [3.8, 4) is 11.5 Å². The summed E-state index contributed by atoms with van der Waals surface area (Å²) in [6, 6.07) is 5.17. The highest BCUT2D eigenvalue weighted by molar-refractivity contribution is 5.86. The van der Waals surface area contributed by atoms with Crippen LogP contribution in [0, 0.1) is 0 Å². The molecule has 1 aromatic heterocycles. The smallest absolute Gasteiger partial charge is 0.416 e. The number of rotatable bonds is 3. The molecule has 0 aliphatic heterocycles. The van der Waals surface area contributed by atoms with Crippen molar-refractivity contribution in [2.45, 2.75) is 6.18 Å². The number of nitrogens with two attached hydrogens (primary N) is 1. The molecule has 0 fully saturated rings. The number of hydrogen-bond acceptors (Lipinski definition) is 5. The Bertz CT molecular complexity index is 687. The van der Waals surface area contributed by atoms with E-state index in [4.69, 9.17) is 10.5 Å². The Hall–Kier alpha value is -2.77. The van der Waals surface area contributed by atoms with Crippen molar-refractivity contribution >= 4 is 11.7 Å². The maximum absolute atomic E-state index is 12.5. The number of carbonyl (C=O) groups excluding carboxylic acids is 1. The predicted molar refractivity (Wildman–Crippen MR) is 64.5 cm³/mol. The molecule has 110 valence electrons. The molecule has 8 heteroatoms. The molecular formula is C13H8F3N2O3-. The molecule has 2 aromatic rings. The number of alkyl halides is 3. The Kier molecular flexibility index (Phi) is 3.70. The van der Waals surface area contributed by atoms with Crippen LogP contribution >= 0.6 is 0 Å². The van der Waals surface area contributed by atoms with Gasteiger partial charge in [0.2, 0.25) is 0 Å². The van der Waals surface area contributed by atoms with Gasteiger partial charge >= 0.3 is 6.18 Å². The SMILES string of the molecule is Nc1cc(C(F)(F)F)ccc1Oc1cccnc1C(=O)[O-]. The molecule has 21 heavy (non-hydrogen) atoms. The van der Waals surface area contributed by atoms with Crippen LogP contribution in [0.5, 0.6) is 11.5 Å². The summed E-state index contributed by atoms with van der Waals surface area (Å²) in [5.41, 5.74) is 3.80. The zero-order valence-electron chi connectivity index (χ0n) is 10.3. The summed E-state index contributed by atoms with van der Waals surface area (Å²) in [5.74, 6) is -1.86. The lowest BCUT2D eigenvalue weighted by Gasteiger charge is -2.14. The average Bonchev–Trinajstić information content (AvgIpc) is 2.40. The molecule has 0 spiro atoms. The Morgan fingerprint density at radius 1 is 1.24 bits per heavy atom. The Labute approximate surface area is 116 Å². The predicted octanol–water partition coefficient (Wildman–Crippen LogP) is 1.84. The van der Waals surface area contributed by atoms with Gasteiger partial charge in [0.05, 0.1) is 17.2 Å². The fourth-order valence-corrected chi connectivity index (χ4v) is 1.56. The van der Waals surface area contributed by atoms with E-state index in [0.717, 1.165) is 12.1 Å². The average molecular weight is 297 g/mol. The minimum Gasteiger partial charge on any atom is -0.543 e. The van der Waals surface area contributed by atoms with Crippen molar-refractivity contribution in [1.82, 2.24) is 4.98 Å². The van der Waals surface area contributed by atoms with Gasteiger partial charge in [0.1, 0.15) is 11.4 Å². The lowest BCUT2D eigenvalue weighted by Crippen LogP contribution is -2.24. The minimum atomic E-state index is -4.53. The molecule has 0 aliphatic rings. The zero-order chi connectivity index (χ0) is 15.6. The van der Waals surface area contributed by atoms with Gasteiger partial charge in [-0.3, -0.25) is 4.98 Å². The van der Waals surface area contributed by atoms with Crippen LogP contribution in [0.15, 0.2) is 36.5 Å². The second-order valence-electron chi connectivity index (χ2n) is 3.99. The standard InChI is InChI=1S/C13H9F3N2O3/c14-13(15,16)7-3-4-9(8(17)6-7)21-10-2-1-5-18-11(10)12(19)20/h1-6H,17H2,(H,19,20)/p-1.